The summed E-state index contributed by atoms with van der Waals surface area (Å²) >= 11 is 4.89. The van der Waals surface area contributed by atoms with Gasteiger partial charge in [-0.05, 0) is 89.6 Å². The first-order chi connectivity index (χ1) is 9.75. The summed E-state index contributed by atoms with van der Waals surface area (Å²) in [5.74, 6) is 0. The smallest absolute Gasteiger partial charge is 0.0215 e. The van der Waals surface area contributed by atoms with Crippen molar-refractivity contribution in [2.45, 2.75) is 0 Å². The molecule has 0 aliphatic heterocycles. The van der Waals surface area contributed by atoms with E-state index in [2.05, 4.69) is 106 Å². The first kappa shape index (κ1) is 12.8. The van der Waals surface area contributed by atoms with Crippen molar-refractivity contribution in [2.24, 2.45) is 0 Å². The molecular weight excluding hydrogens is 470 g/mol. The van der Waals surface area contributed by atoms with Crippen LogP contribution in [0.25, 0.3) is 32.3 Å². The Bertz CT molecular complexity index is 890. The Morgan fingerprint density at radius 1 is 0.450 bits per heavy atom. The lowest BCUT2D eigenvalue weighted by molar-refractivity contribution is 1.73. The zero-order valence-electron chi connectivity index (χ0n) is 10.5. The van der Waals surface area contributed by atoms with Gasteiger partial charge in [0.2, 0.25) is 0 Å². The average molecular weight is 480 g/mol. The van der Waals surface area contributed by atoms with E-state index in [4.69, 9.17) is 0 Å². The number of rotatable bonds is 0. The molecule has 0 unspecified atom stereocenters. The van der Waals surface area contributed by atoms with Gasteiger partial charge in [-0.25, -0.2) is 0 Å². The van der Waals surface area contributed by atoms with Gasteiger partial charge in [-0.1, -0.05) is 48.5 Å². The van der Waals surface area contributed by atoms with Gasteiger partial charge in [0, 0.05) is 7.14 Å². The van der Waals surface area contributed by atoms with Gasteiger partial charge in [0.25, 0.3) is 0 Å². The Hall–Kier alpha value is -0.880. The molecule has 0 nitrogen and oxygen atoms in total. The Morgan fingerprint density at radius 3 is 1.20 bits per heavy atom. The molecule has 0 bridgehead atoms. The molecule has 0 aromatic heterocycles. The lowest BCUT2D eigenvalue weighted by Crippen LogP contribution is -1.86. The quantitative estimate of drug-likeness (QED) is 0.203. The predicted molar refractivity (Wildman–Crippen MR) is 104 cm³/mol. The van der Waals surface area contributed by atoms with Gasteiger partial charge in [-0.2, -0.15) is 0 Å². The molecule has 0 heterocycles. The molecule has 0 amide bonds. The van der Waals surface area contributed by atoms with Crippen LogP contribution in [0.1, 0.15) is 0 Å². The second kappa shape index (κ2) is 4.84. The summed E-state index contributed by atoms with van der Waals surface area (Å²) in [6.45, 7) is 0. The van der Waals surface area contributed by atoms with E-state index in [1.54, 1.807) is 0 Å². The molecule has 20 heavy (non-hydrogen) atoms. The van der Waals surface area contributed by atoms with Gasteiger partial charge in [-0.3, -0.25) is 0 Å². The van der Waals surface area contributed by atoms with Gasteiger partial charge >= 0.3 is 0 Å². The van der Waals surface area contributed by atoms with Crippen LogP contribution < -0.4 is 0 Å². The van der Waals surface area contributed by atoms with Crippen molar-refractivity contribution in [3.63, 3.8) is 0 Å². The fourth-order valence-corrected chi connectivity index (χ4v) is 4.43. The summed E-state index contributed by atoms with van der Waals surface area (Å²) in [5, 5.41) is 8.07. The standard InChI is InChI=1S/C18H10I2/c19-17-10-16-12-6-2-4-8-14(12)18(20)9-15(16)11-5-1-3-7-13(11)17/h1-10H. The van der Waals surface area contributed by atoms with Crippen LogP contribution in [-0.4, -0.2) is 0 Å². The largest absolute Gasteiger partial charge is 0.0616 e. The van der Waals surface area contributed by atoms with E-state index in [-0.39, 0.29) is 0 Å². The number of halogens is 2. The van der Waals surface area contributed by atoms with E-state index < -0.39 is 0 Å². The maximum Gasteiger partial charge on any atom is 0.0215 e. The minimum Gasteiger partial charge on any atom is -0.0616 e. The molecule has 4 aromatic rings. The molecule has 0 radical (unpaired) electrons. The highest BCUT2D eigenvalue weighted by Crippen LogP contribution is 2.36. The molecule has 0 N–H and O–H groups in total. The average Bonchev–Trinajstić information content (AvgIpc) is 2.49. The van der Waals surface area contributed by atoms with Crippen molar-refractivity contribution >= 4 is 77.5 Å². The van der Waals surface area contributed by atoms with Crippen LogP contribution in [0, 0.1) is 7.14 Å². The lowest BCUT2D eigenvalue weighted by atomic mass is 9.97. The zero-order chi connectivity index (χ0) is 13.7. The second-order valence-corrected chi connectivity index (χ2v) is 7.23. The highest BCUT2D eigenvalue weighted by molar-refractivity contribution is 14.1. The third-order valence-corrected chi connectivity index (χ3v) is 5.57. The number of hydrogen-bond donors (Lipinski definition) is 0. The minimum absolute atomic E-state index is 1.32. The van der Waals surface area contributed by atoms with Crippen LogP contribution in [0.15, 0.2) is 60.7 Å². The van der Waals surface area contributed by atoms with Crippen molar-refractivity contribution in [1.82, 2.24) is 0 Å². The molecule has 0 fully saturated rings. The third kappa shape index (κ3) is 1.84. The highest BCUT2D eigenvalue weighted by atomic mass is 127. The Morgan fingerprint density at radius 2 is 0.800 bits per heavy atom. The normalized spacial score (nSPS) is 11.5. The Kier molecular flexibility index (Phi) is 3.11. The van der Waals surface area contributed by atoms with Crippen LogP contribution >= 0.6 is 45.2 Å². The van der Waals surface area contributed by atoms with Crippen LogP contribution in [0.2, 0.25) is 0 Å². The molecule has 0 saturated carbocycles. The van der Waals surface area contributed by atoms with Crippen molar-refractivity contribution in [1.29, 1.82) is 0 Å². The van der Waals surface area contributed by atoms with Crippen molar-refractivity contribution in [3.05, 3.63) is 67.8 Å². The van der Waals surface area contributed by atoms with Gasteiger partial charge < -0.3 is 0 Å². The Balaban J connectivity index is 2.36. The minimum atomic E-state index is 1.32. The molecule has 0 saturated heterocycles. The van der Waals surface area contributed by atoms with Crippen LogP contribution in [0.5, 0.6) is 0 Å². The maximum absolute atomic E-state index is 2.45. The first-order valence-corrected chi connectivity index (χ1v) is 8.59. The maximum atomic E-state index is 2.45. The van der Waals surface area contributed by atoms with Crippen molar-refractivity contribution in [2.75, 3.05) is 0 Å². The summed E-state index contributed by atoms with van der Waals surface area (Å²) < 4.78 is 2.63. The molecule has 2 heteroatoms. The highest BCUT2D eigenvalue weighted by Gasteiger charge is 2.09. The van der Waals surface area contributed by atoms with Gasteiger partial charge in [-0.15, -0.1) is 0 Å². The third-order valence-electron chi connectivity index (χ3n) is 3.78. The fourth-order valence-electron chi connectivity index (χ4n) is 2.86. The van der Waals surface area contributed by atoms with Crippen LogP contribution in [0.4, 0.5) is 0 Å². The topological polar surface area (TPSA) is 0 Å². The monoisotopic (exact) mass is 480 g/mol. The summed E-state index contributed by atoms with van der Waals surface area (Å²) in [6.07, 6.45) is 0. The molecular formula is C18H10I2. The summed E-state index contributed by atoms with van der Waals surface area (Å²) in [4.78, 5) is 0. The first-order valence-electron chi connectivity index (χ1n) is 6.44. The number of hydrogen-bond acceptors (Lipinski definition) is 0. The van der Waals surface area contributed by atoms with E-state index in [1.807, 2.05) is 0 Å². The molecule has 4 rings (SSSR count). The zero-order valence-corrected chi connectivity index (χ0v) is 14.8. The molecule has 4 aromatic carbocycles. The molecule has 0 aliphatic rings. The van der Waals surface area contributed by atoms with Gasteiger partial charge in [0.1, 0.15) is 0 Å². The summed E-state index contributed by atoms with van der Waals surface area (Å²) in [7, 11) is 0. The van der Waals surface area contributed by atoms with E-state index in [0.717, 1.165) is 0 Å². The second-order valence-electron chi connectivity index (χ2n) is 4.90. The predicted octanol–water partition coefficient (Wildman–Crippen LogP) is 6.36. The Labute approximate surface area is 144 Å². The van der Waals surface area contributed by atoms with E-state index in [9.17, 15) is 0 Å². The molecule has 0 aliphatic carbocycles. The molecule has 0 atom stereocenters. The number of fused-ring (bicyclic) bond motifs is 5. The number of benzene rings is 4. The summed E-state index contributed by atoms with van der Waals surface area (Å²) in [6, 6.07) is 22.0. The van der Waals surface area contributed by atoms with Crippen molar-refractivity contribution in [3.8, 4) is 0 Å². The van der Waals surface area contributed by atoms with E-state index in [1.165, 1.54) is 39.5 Å². The molecule has 96 valence electrons. The molecule has 0 spiro atoms. The van der Waals surface area contributed by atoms with Crippen LogP contribution in [0.3, 0.4) is 0 Å². The van der Waals surface area contributed by atoms with E-state index >= 15 is 0 Å². The van der Waals surface area contributed by atoms with E-state index in [0.29, 0.717) is 0 Å². The lowest BCUT2D eigenvalue weighted by Gasteiger charge is -2.11. The van der Waals surface area contributed by atoms with Crippen molar-refractivity contribution < 1.29 is 0 Å². The van der Waals surface area contributed by atoms with Crippen LogP contribution in [-0.2, 0) is 0 Å². The SMILES string of the molecule is Ic1cc2c3ccccc3c(I)cc2c2ccccc12. The summed E-state index contributed by atoms with van der Waals surface area (Å²) in [5.41, 5.74) is 0. The van der Waals surface area contributed by atoms with Gasteiger partial charge in [0.15, 0.2) is 0 Å². The van der Waals surface area contributed by atoms with Gasteiger partial charge in [0.05, 0.1) is 0 Å². The fraction of sp³-hybridized carbons (Fsp3) is 0.